The smallest absolute Gasteiger partial charge is 0.160 e. The number of pyridine rings is 1. The number of halogens is 1. The maximum Gasteiger partial charge on any atom is 0.160 e. The van der Waals surface area contributed by atoms with Crippen LogP contribution in [0.3, 0.4) is 0 Å². The summed E-state index contributed by atoms with van der Waals surface area (Å²) < 4.78 is 15.1. The van der Waals surface area contributed by atoms with E-state index in [1.54, 1.807) is 18.5 Å². The molecule has 0 amide bonds. The fourth-order valence-electron chi connectivity index (χ4n) is 2.45. The molecular weight excluding hydrogens is 293 g/mol. The summed E-state index contributed by atoms with van der Waals surface area (Å²) in [5.41, 5.74) is 2.87. The Kier molecular flexibility index (Phi) is 3.08. The first-order valence-electron chi connectivity index (χ1n) is 7.08. The summed E-state index contributed by atoms with van der Waals surface area (Å²) in [4.78, 5) is 8.53. The van der Waals surface area contributed by atoms with Crippen molar-refractivity contribution < 1.29 is 4.39 Å². The molecule has 0 aliphatic rings. The summed E-state index contributed by atoms with van der Waals surface area (Å²) >= 11 is 0. The van der Waals surface area contributed by atoms with E-state index in [1.807, 2.05) is 36.0 Å². The van der Waals surface area contributed by atoms with Gasteiger partial charge < -0.3 is 4.57 Å². The zero-order valence-electron chi connectivity index (χ0n) is 12.3. The number of imidazole rings is 1. The molecule has 0 N–H and O–H groups in total. The van der Waals surface area contributed by atoms with Gasteiger partial charge in [0, 0.05) is 42.7 Å². The Balaban J connectivity index is 1.73. The molecule has 0 aliphatic heterocycles. The second-order valence-corrected chi connectivity index (χ2v) is 5.23. The van der Waals surface area contributed by atoms with Crippen LogP contribution in [-0.2, 0) is 7.05 Å². The van der Waals surface area contributed by atoms with Crippen molar-refractivity contribution >= 4 is 10.9 Å². The van der Waals surface area contributed by atoms with Crippen LogP contribution < -0.4 is 0 Å². The third-order valence-corrected chi connectivity index (χ3v) is 3.66. The van der Waals surface area contributed by atoms with Crippen LogP contribution in [0, 0.1) is 5.82 Å². The number of rotatable bonds is 2. The van der Waals surface area contributed by atoms with Gasteiger partial charge in [-0.2, -0.15) is 0 Å². The number of aryl methyl sites for hydroxylation is 1. The number of nitrogens with zero attached hydrogens (tertiary/aromatic N) is 5. The van der Waals surface area contributed by atoms with E-state index in [0.29, 0.717) is 16.9 Å². The van der Waals surface area contributed by atoms with Crippen molar-refractivity contribution in [1.29, 1.82) is 0 Å². The Morgan fingerprint density at radius 1 is 0.957 bits per heavy atom. The van der Waals surface area contributed by atoms with E-state index in [9.17, 15) is 4.39 Å². The minimum absolute atomic E-state index is 0.294. The molecule has 3 heterocycles. The second-order valence-electron chi connectivity index (χ2n) is 5.23. The highest BCUT2D eigenvalue weighted by molar-refractivity contribution is 5.82. The van der Waals surface area contributed by atoms with Gasteiger partial charge in [-0.1, -0.05) is 0 Å². The third kappa shape index (κ3) is 2.44. The largest absolute Gasteiger partial charge is 0.333 e. The van der Waals surface area contributed by atoms with Crippen molar-refractivity contribution in [3.63, 3.8) is 0 Å². The number of aromatic nitrogens is 5. The summed E-state index contributed by atoms with van der Waals surface area (Å²) in [5.74, 6) is 0.466. The van der Waals surface area contributed by atoms with Crippen LogP contribution >= 0.6 is 0 Å². The molecule has 6 heteroatoms. The van der Waals surface area contributed by atoms with E-state index in [-0.39, 0.29) is 5.82 Å². The van der Waals surface area contributed by atoms with Gasteiger partial charge in [0.2, 0.25) is 0 Å². The summed E-state index contributed by atoms with van der Waals surface area (Å²) in [6, 6.07) is 10.2. The topological polar surface area (TPSA) is 56.5 Å². The lowest BCUT2D eigenvalue weighted by Crippen LogP contribution is -1.96. The van der Waals surface area contributed by atoms with Crippen molar-refractivity contribution in [2.24, 2.45) is 7.05 Å². The maximum atomic E-state index is 13.2. The summed E-state index contributed by atoms with van der Waals surface area (Å²) in [6.07, 6.45) is 5.25. The second kappa shape index (κ2) is 5.24. The van der Waals surface area contributed by atoms with Crippen LogP contribution in [0.5, 0.6) is 0 Å². The molecule has 0 spiro atoms. The minimum Gasteiger partial charge on any atom is -0.333 e. The van der Waals surface area contributed by atoms with Crippen LogP contribution in [0.4, 0.5) is 4.39 Å². The van der Waals surface area contributed by atoms with Gasteiger partial charge in [-0.15, -0.1) is 10.2 Å². The van der Waals surface area contributed by atoms with Crippen molar-refractivity contribution in [2.45, 2.75) is 0 Å². The molecule has 0 aliphatic carbocycles. The van der Waals surface area contributed by atoms with Crippen LogP contribution in [0.15, 0.2) is 55.0 Å². The zero-order chi connectivity index (χ0) is 15.8. The summed E-state index contributed by atoms with van der Waals surface area (Å²) in [7, 11) is 1.91. The van der Waals surface area contributed by atoms with Crippen LogP contribution in [0.25, 0.3) is 33.7 Å². The average molecular weight is 305 g/mol. The lowest BCUT2D eigenvalue weighted by atomic mass is 10.1. The van der Waals surface area contributed by atoms with E-state index in [0.717, 1.165) is 16.8 Å². The Morgan fingerprint density at radius 2 is 1.78 bits per heavy atom. The molecule has 0 fully saturated rings. The number of hydrogen-bond acceptors (Lipinski definition) is 4. The molecule has 0 saturated carbocycles. The SMILES string of the molecule is Cn1ccnc1-c1ccc(-c2cnc3cc(F)ccc3c2)nn1. The molecule has 5 nitrogen and oxygen atoms in total. The van der Waals surface area contributed by atoms with Crippen LogP contribution in [0.1, 0.15) is 0 Å². The predicted molar refractivity (Wildman–Crippen MR) is 84.9 cm³/mol. The Hall–Kier alpha value is -3.15. The van der Waals surface area contributed by atoms with Gasteiger partial charge in [-0.25, -0.2) is 9.37 Å². The van der Waals surface area contributed by atoms with Crippen molar-refractivity contribution in [1.82, 2.24) is 24.7 Å². The quantitative estimate of drug-likeness (QED) is 0.570. The van der Waals surface area contributed by atoms with Gasteiger partial charge in [0.1, 0.15) is 11.5 Å². The van der Waals surface area contributed by atoms with Gasteiger partial charge in [0.25, 0.3) is 0 Å². The monoisotopic (exact) mass is 305 g/mol. The van der Waals surface area contributed by atoms with Crippen molar-refractivity contribution in [2.75, 3.05) is 0 Å². The standard InChI is InChI=1S/C17H12FN5/c1-23-7-6-19-17(23)15-5-4-14(21-22-15)12-8-11-2-3-13(18)9-16(11)20-10-12/h2-10H,1H3. The Labute approximate surface area is 131 Å². The van der Waals surface area contributed by atoms with E-state index >= 15 is 0 Å². The molecule has 0 unspecified atom stereocenters. The van der Waals surface area contributed by atoms with Gasteiger partial charge >= 0.3 is 0 Å². The normalized spacial score (nSPS) is 11.0. The highest BCUT2D eigenvalue weighted by Crippen LogP contribution is 2.22. The number of benzene rings is 1. The molecule has 112 valence electrons. The first-order chi connectivity index (χ1) is 11.2. The Morgan fingerprint density at radius 3 is 2.52 bits per heavy atom. The molecule has 4 aromatic rings. The first-order valence-corrected chi connectivity index (χ1v) is 7.08. The summed E-state index contributed by atoms with van der Waals surface area (Å²) in [5, 5.41) is 9.34. The maximum absolute atomic E-state index is 13.2. The molecule has 0 bridgehead atoms. The zero-order valence-corrected chi connectivity index (χ0v) is 12.3. The van der Waals surface area contributed by atoms with Crippen molar-refractivity contribution in [3.05, 3.63) is 60.8 Å². The van der Waals surface area contributed by atoms with Crippen LogP contribution in [-0.4, -0.2) is 24.7 Å². The van der Waals surface area contributed by atoms with E-state index in [4.69, 9.17) is 0 Å². The van der Waals surface area contributed by atoms with E-state index in [1.165, 1.54) is 12.1 Å². The van der Waals surface area contributed by atoms with E-state index < -0.39 is 0 Å². The fraction of sp³-hybridized carbons (Fsp3) is 0.0588. The molecule has 0 saturated heterocycles. The molecule has 1 aromatic carbocycles. The highest BCUT2D eigenvalue weighted by atomic mass is 19.1. The van der Waals surface area contributed by atoms with Gasteiger partial charge in [0.15, 0.2) is 5.82 Å². The first kappa shape index (κ1) is 13.5. The molecule has 0 radical (unpaired) electrons. The van der Waals surface area contributed by atoms with E-state index in [2.05, 4.69) is 20.2 Å². The lowest BCUT2D eigenvalue weighted by Gasteiger charge is -2.04. The molecule has 3 aromatic heterocycles. The molecular formula is C17H12FN5. The average Bonchev–Trinajstić information content (AvgIpc) is 3.00. The predicted octanol–water partition coefficient (Wildman–Crippen LogP) is 3.23. The van der Waals surface area contributed by atoms with Gasteiger partial charge in [0.05, 0.1) is 11.2 Å². The minimum atomic E-state index is -0.294. The number of fused-ring (bicyclic) bond motifs is 1. The van der Waals surface area contributed by atoms with Gasteiger partial charge in [-0.3, -0.25) is 4.98 Å². The van der Waals surface area contributed by atoms with Gasteiger partial charge in [-0.05, 0) is 30.3 Å². The third-order valence-electron chi connectivity index (χ3n) is 3.66. The molecule has 4 rings (SSSR count). The van der Waals surface area contributed by atoms with Crippen LogP contribution in [0.2, 0.25) is 0 Å². The molecule has 23 heavy (non-hydrogen) atoms. The number of hydrogen-bond donors (Lipinski definition) is 0. The Bertz CT molecular complexity index is 991. The van der Waals surface area contributed by atoms with Crippen molar-refractivity contribution in [3.8, 4) is 22.8 Å². The summed E-state index contributed by atoms with van der Waals surface area (Å²) in [6.45, 7) is 0. The fourth-order valence-corrected chi connectivity index (χ4v) is 2.45. The highest BCUT2D eigenvalue weighted by Gasteiger charge is 2.08. The lowest BCUT2D eigenvalue weighted by molar-refractivity contribution is 0.629. The molecule has 0 atom stereocenters.